The molecule has 0 saturated heterocycles. The number of ether oxygens (including phenoxy) is 2. The van der Waals surface area contributed by atoms with Crippen molar-refractivity contribution in [2.45, 2.75) is 20.8 Å². The van der Waals surface area contributed by atoms with Crippen molar-refractivity contribution in [1.82, 2.24) is 0 Å². The van der Waals surface area contributed by atoms with Crippen LogP contribution in [-0.4, -0.2) is 12.9 Å². The van der Waals surface area contributed by atoms with Crippen molar-refractivity contribution in [3.8, 4) is 11.5 Å². The van der Waals surface area contributed by atoms with E-state index in [-0.39, 0.29) is 5.78 Å². The van der Waals surface area contributed by atoms with Crippen molar-refractivity contribution in [2.24, 2.45) is 0 Å². The van der Waals surface area contributed by atoms with Gasteiger partial charge in [-0.15, -0.1) is 0 Å². The molecule has 26 heavy (non-hydrogen) atoms. The number of benzene rings is 2. The van der Waals surface area contributed by atoms with Gasteiger partial charge in [-0.2, -0.15) is 0 Å². The number of aryl methyl sites for hydroxylation is 1. The maximum atomic E-state index is 12.7. The lowest BCUT2D eigenvalue weighted by atomic mass is 10.0. The molecule has 3 heteroatoms. The van der Waals surface area contributed by atoms with Gasteiger partial charge in [0.05, 0.1) is 7.11 Å². The normalized spacial score (nSPS) is 12.3. The first-order chi connectivity index (χ1) is 12.6. The van der Waals surface area contributed by atoms with Crippen LogP contribution in [0, 0.1) is 6.92 Å². The maximum Gasteiger partial charge on any atom is 0.192 e. The first kappa shape index (κ1) is 19.3. The largest absolute Gasteiger partial charge is 0.497 e. The third-order valence-electron chi connectivity index (χ3n) is 3.89. The van der Waals surface area contributed by atoms with Crippen molar-refractivity contribution in [3.63, 3.8) is 0 Å². The Morgan fingerprint density at radius 3 is 2.00 bits per heavy atom. The second kappa shape index (κ2) is 9.42. The highest BCUT2D eigenvalue weighted by Crippen LogP contribution is 2.18. The number of hydrogen-bond acceptors (Lipinski definition) is 3. The summed E-state index contributed by atoms with van der Waals surface area (Å²) in [4.78, 5) is 12.7. The minimum absolute atomic E-state index is 0.0443. The van der Waals surface area contributed by atoms with Crippen LogP contribution < -0.4 is 9.47 Å². The molecule has 0 spiro atoms. The Morgan fingerprint density at radius 2 is 1.46 bits per heavy atom. The highest BCUT2D eigenvalue weighted by molar-refractivity contribution is 6.10. The molecule has 0 amide bonds. The molecule has 0 aromatic heterocycles. The Labute approximate surface area is 155 Å². The van der Waals surface area contributed by atoms with E-state index in [9.17, 15) is 4.79 Å². The number of rotatable bonds is 7. The van der Waals surface area contributed by atoms with Crippen molar-refractivity contribution in [1.29, 1.82) is 0 Å². The van der Waals surface area contributed by atoms with Crippen LogP contribution in [0.1, 0.15) is 29.8 Å². The molecule has 0 aliphatic rings. The van der Waals surface area contributed by atoms with E-state index < -0.39 is 0 Å². The van der Waals surface area contributed by atoms with Crippen molar-refractivity contribution < 1.29 is 14.3 Å². The molecule has 0 radical (unpaired) electrons. The molecule has 0 saturated carbocycles. The fourth-order valence-corrected chi connectivity index (χ4v) is 2.32. The van der Waals surface area contributed by atoms with Crippen LogP contribution in [0.25, 0.3) is 0 Å². The number of Topliss-reactive ketones (excluding diaryl/α,β-unsaturated/α-hetero) is 1. The quantitative estimate of drug-likeness (QED) is 0.280. The van der Waals surface area contributed by atoms with E-state index >= 15 is 0 Å². The lowest BCUT2D eigenvalue weighted by Gasteiger charge is -2.07. The van der Waals surface area contributed by atoms with Crippen LogP contribution in [0.15, 0.2) is 84.2 Å². The van der Waals surface area contributed by atoms with Crippen LogP contribution >= 0.6 is 0 Å². The van der Waals surface area contributed by atoms with Gasteiger partial charge in [0.25, 0.3) is 0 Å². The topological polar surface area (TPSA) is 35.5 Å². The van der Waals surface area contributed by atoms with Gasteiger partial charge in [0.15, 0.2) is 5.78 Å². The van der Waals surface area contributed by atoms with E-state index in [2.05, 4.69) is 0 Å². The average Bonchev–Trinajstić information content (AvgIpc) is 2.68. The second-order valence-electron chi connectivity index (χ2n) is 5.74. The highest BCUT2D eigenvalue weighted by atomic mass is 16.5. The first-order valence-electron chi connectivity index (χ1n) is 8.51. The smallest absolute Gasteiger partial charge is 0.192 e. The second-order valence-corrected chi connectivity index (χ2v) is 5.74. The third kappa shape index (κ3) is 5.21. The summed E-state index contributed by atoms with van der Waals surface area (Å²) in [5.41, 5.74) is 2.39. The minimum atomic E-state index is -0.0443. The molecule has 0 atom stereocenters. The number of carbonyl (C=O) groups excluding carboxylic acids is 1. The van der Waals surface area contributed by atoms with Gasteiger partial charge in [-0.05, 0) is 75.4 Å². The Morgan fingerprint density at radius 1 is 0.846 bits per heavy atom. The Bertz CT molecular complexity index is 823. The highest BCUT2D eigenvalue weighted by Gasteiger charge is 2.09. The lowest BCUT2D eigenvalue weighted by molar-refractivity contribution is 0.103. The number of carbonyl (C=O) groups is 1. The van der Waals surface area contributed by atoms with Crippen LogP contribution in [0.5, 0.6) is 11.5 Å². The van der Waals surface area contributed by atoms with Crippen molar-refractivity contribution in [2.75, 3.05) is 7.11 Å². The molecule has 3 nitrogen and oxygen atoms in total. The summed E-state index contributed by atoms with van der Waals surface area (Å²) >= 11 is 0. The zero-order chi connectivity index (χ0) is 18.9. The summed E-state index contributed by atoms with van der Waals surface area (Å²) in [5.74, 6) is 2.12. The molecule has 0 heterocycles. The molecule has 2 aromatic rings. The number of hydrogen-bond donors (Lipinski definition) is 0. The first-order valence-corrected chi connectivity index (χ1v) is 8.51. The fourth-order valence-electron chi connectivity index (χ4n) is 2.32. The van der Waals surface area contributed by atoms with Gasteiger partial charge in [0.2, 0.25) is 0 Å². The van der Waals surface area contributed by atoms with E-state index in [1.165, 1.54) is 5.56 Å². The molecule has 134 valence electrons. The molecule has 0 aliphatic heterocycles. The summed E-state index contributed by atoms with van der Waals surface area (Å²) in [6, 6.07) is 14.9. The summed E-state index contributed by atoms with van der Waals surface area (Å²) < 4.78 is 11.0. The van der Waals surface area contributed by atoms with Crippen LogP contribution in [-0.2, 0) is 0 Å². The van der Waals surface area contributed by atoms with Gasteiger partial charge >= 0.3 is 0 Å². The van der Waals surface area contributed by atoms with Crippen LogP contribution in [0.2, 0.25) is 0 Å². The van der Waals surface area contributed by atoms with Crippen LogP contribution in [0.3, 0.4) is 0 Å². The lowest BCUT2D eigenvalue weighted by Crippen LogP contribution is -2.02. The van der Waals surface area contributed by atoms with E-state index in [1.54, 1.807) is 49.6 Å². The van der Waals surface area contributed by atoms with Gasteiger partial charge in [-0.1, -0.05) is 23.8 Å². The zero-order valence-corrected chi connectivity index (χ0v) is 15.7. The molecular weight excluding hydrogens is 324 g/mol. The van der Waals surface area contributed by atoms with Gasteiger partial charge in [-0.3, -0.25) is 4.79 Å². The molecule has 0 bridgehead atoms. The molecule has 0 aliphatic carbocycles. The average molecular weight is 348 g/mol. The van der Waals surface area contributed by atoms with E-state index in [0.717, 1.165) is 11.5 Å². The van der Waals surface area contributed by atoms with Crippen molar-refractivity contribution in [3.05, 3.63) is 95.3 Å². The molecule has 0 N–H and O–H groups in total. The molecular formula is C23H24O3. The Kier molecular flexibility index (Phi) is 6.98. The van der Waals surface area contributed by atoms with Crippen LogP contribution in [0.4, 0.5) is 0 Å². The molecule has 2 rings (SSSR count). The Balaban J connectivity index is 2.11. The summed E-state index contributed by atoms with van der Waals surface area (Å²) in [7, 11) is 1.60. The zero-order valence-electron chi connectivity index (χ0n) is 15.7. The molecule has 0 fully saturated rings. The van der Waals surface area contributed by atoms with Gasteiger partial charge in [0.1, 0.15) is 17.3 Å². The third-order valence-corrected chi connectivity index (χ3v) is 3.89. The molecule has 2 aromatic carbocycles. The minimum Gasteiger partial charge on any atom is -0.497 e. The standard InChI is InChI=1S/C23H24O3/c1-5-18(23(24)19-10-15-21(25-4)16-11-19)9-14-20(6-2)26-22-12-7-17(3)8-13-22/h5-16H,1-4H3/b14-9-,18-5+,20-6+. The summed E-state index contributed by atoms with van der Waals surface area (Å²) in [5, 5.41) is 0. The van der Waals surface area contributed by atoms with E-state index in [4.69, 9.17) is 9.47 Å². The van der Waals surface area contributed by atoms with E-state index in [1.807, 2.05) is 51.1 Å². The van der Waals surface area contributed by atoms with Gasteiger partial charge in [-0.25, -0.2) is 0 Å². The maximum absolute atomic E-state index is 12.7. The van der Waals surface area contributed by atoms with Gasteiger partial charge < -0.3 is 9.47 Å². The molecule has 0 unspecified atom stereocenters. The summed E-state index contributed by atoms with van der Waals surface area (Å²) in [6.07, 6.45) is 7.23. The predicted molar refractivity (Wildman–Crippen MR) is 106 cm³/mol. The predicted octanol–water partition coefficient (Wildman–Crippen LogP) is 5.67. The monoisotopic (exact) mass is 348 g/mol. The number of methoxy groups -OCH3 is 1. The van der Waals surface area contributed by atoms with Crippen molar-refractivity contribution >= 4 is 5.78 Å². The SMILES string of the molecule is C\C=C(/C=C\C(=C/C)C(=O)c1ccc(OC)cc1)Oc1ccc(C)cc1. The van der Waals surface area contributed by atoms with Gasteiger partial charge in [0, 0.05) is 11.1 Å². The fraction of sp³-hybridized carbons (Fsp3) is 0.174. The van der Waals surface area contributed by atoms with E-state index in [0.29, 0.717) is 16.9 Å². The number of ketones is 1. The summed E-state index contributed by atoms with van der Waals surface area (Å²) in [6.45, 7) is 5.77. The Hall–Kier alpha value is -3.07. The number of allylic oxidation sites excluding steroid dienone is 5.